The van der Waals surface area contributed by atoms with Crippen LogP contribution in [0.25, 0.3) is 0 Å². The zero-order chi connectivity index (χ0) is 19.9. The predicted molar refractivity (Wildman–Crippen MR) is 111 cm³/mol. The molecule has 1 N–H and O–H groups in total. The quantitative estimate of drug-likeness (QED) is 0.711. The van der Waals surface area contributed by atoms with Crippen molar-refractivity contribution in [1.29, 1.82) is 5.26 Å². The molecule has 0 spiro atoms. The molecule has 2 amide bonds. The molecular weight excluding hydrogens is 394 g/mol. The van der Waals surface area contributed by atoms with Crippen molar-refractivity contribution >= 4 is 40.4 Å². The number of amides is 2. The van der Waals surface area contributed by atoms with Crippen LogP contribution in [0.5, 0.6) is 0 Å². The summed E-state index contributed by atoms with van der Waals surface area (Å²) in [7, 11) is 0. The normalized spacial score (nSPS) is 15.4. The average Bonchev–Trinajstić information content (AvgIpc) is 3.26. The van der Waals surface area contributed by atoms with E-state index in [1.165, 1.54) is 22.7 Å². The number of nitriles is 1. The number of alkyl halides is 1. The lowest BCUT2D eigenvalue weighted by atomic mass is 9.95. The Bertz CT molecular complexity index is 840. The van der Waals surface area contributed by atoms with E-state index >= 15 is 0 Å². The van der Waals surface area contributed by atoms with Gasteiger partial charge in [0.25, 0.3) is 0 Å². The molecular formula is C21H22ClN3O2S. The Kier molecular flexibility index (Phi) is 7.07. The lowest BCUT2D eigenvalue weighted by Gasteiger charge is -2.32. The second kappa shape index (κ2) is 9.72. The maximum atomic E-state index is 13.3. The van der Waals surface area contributed by atoms with E-state index in [4.69, 9.17) is 16.9 Å². The van der Waals surface area contributed by atoms with Gasteiger partial charge in [0.1, 0.15) is 11.9 Å². The highest BCUT2D eigenvalue weighted by Gasteiger charge is 2.34. The van der Waals surface area contributed by atoms with Crippen molar-refractivity contribution in [2.45, 2.75) is 44.2 Å². The number of nitrogens with one attached hydrogen (secondary N) is 1. The maximum absolute atomic E-state index is 13.3. The van der Waals surface area contributed by atoms with E-state index in [1.54, 1.807) is 24.3 Å². The number of nitrogens with zero attached hydrogens (tertiary/aromatic N) is 2. The number of hydrogen-bond acceptors (Lipinski definition) is 4. The summed E-state index contributed by atoms with van der Waals surface area (Å²) in [6.45, 7) is 0. The monoisotopic (exact) mass is 415 g/mol. The minimum atomic E-state index is -0.791. The van der Waals surface area contributed by atoms with Gasteiger partial charge in [-0.3, -0.25) is 14.5 Å². The van der Waals surface area contributed by atoms with Crippen LogP contribution in [0.4, 0.5) is 5.69 Å². The molecule has 2 aromatic rings. The van der Waals surface area contributed by atoms with Crippen molar-refractivity contribution in [2.24, 2.45) is 0 Å². The fourth-order valence-corrected chi connectivity index (χ4v) is 4.49. The molecule has 1 unspecified atom stereocenters. The molecule has 1 heterocycles. The first-order valence-corrected chi connectivity index (χ1v) is 10.8. The van der Waals surface area contributed by atoms with Gasteiger partial charge in [0, 0.05) is 16.6 Å². The van der Waals surface area contributed by atoms with E-state index in [9.17, 15) is 9.59 Å². The summed E-state index contributed by atoms with van der Waals surface area (Å²) in [5.74, 6) is -0.792. The topological polar surface area (TPSA) is 73.2 Å². The Morgan fingerprint density at radius 2 is 1.93 bits per heavy atom. The van der Waals surface area contributed by atoms with Crippen molar-refractivity contribution in [3.63, 3.8) is 0 Å². The number of thiophene rings is 1. The molecule has 5 nitrogen and oxygen atoms in total. The summed E-state index contributed by atoms with van der Waals surface area (Å²) in [5.41, 5.74) is 1.03. The minimum Gasteiger partial charge on any atom is -0.351 e. The molecule has 1 aliphatic carbocycles. The van der Waals surface area contributed by atoms with Gasteiger partial charge in [-0.1, -0.05) is 25.3 Å². The number of carbonyl (C=O) groups excluding carboxylic acids is 2. The van der Waals surface area contributed by atoms with E-state index < -0.39 is 6.04 Å². The SMILES string of the molecule is N#Cc1ccc(N(C(=O)CCl)C(C(=O)NC2CCCCC2)c2cccs2)cc1. The predicted octanol–water partition coefficient (Wildman–Crippen LogP) is 4.38. The summed E-state index contributed by atoms with van der Waals surface area (Å²) in [6.07, 6.45) is 5.33. The van der Waals surface area contributed by atoms with E-state index in [2.05, 4.69) is 11.4 Å². The number of anilines is 1. The number of hydrogen-bond donors (Lipinski definition) is 1. The van der Waals surface area contributed by atoms with Crippen molar-refractivity contribution in [1.82, 2.24) is 5.32 Å². The molecule has 28 heavy (non-hydrogen) atoms. The Hall–Kier alpha value is -2.36. The van der Waals surface area contributed by atoms with Gasteiger partial charge < -0.3 is 5.32 Å². The molecule has 0 bridgehead atoms. The molecule has 0 radical (unpaired) electrons. The average molecular weight is 416 g/mol. The third-order valence-electron chi connectivity index (χ3n) is 4.93. The highest BCUT2D eigenvalue weighted by atomic mass is 35.5. The number of rotatable bonds is 6. The molecule has 1 saturated carbocycles. The highest BCUT2D eigenvalue weighted by Crippen LogP contribution is 2.32. The summed E-state index contributed by atoms with van der Waals surface area (Å²) in [4.78, 5) is 28.2. The largest absolute Gasteiger partial charge is 0.351 e. The highest BCUT2D eigenvalue weighted by molar-refractivity contribution is 7.10. The number of carbonyl (C=O) groups is 2. The molecule has 1 fully saturated rings. The van der Waals surface area contributed by atoms with Crippen LogP contribution in [-0.2, 0) is 9.59 Å². The van der Waals surface area contributed by atoms with Gasteiger partial charge in [-0.2, -0.15) is 5.26 Å². The Morgan fingerprint density at radius 1 is 1.21 bits per heavy atom. The van der Waals surface area contributed by atoms with E-state index in [-0.39, 0.29) is 23.7 Å². The first-order valence-electron chi connectivity index (χ1n) is 9.36. The molecule has 0 aliphatic heterocycles. The Labute approximate surface area is 173 Å². The van der Waals surface area contributed by atoms with Crippen molar-refractivity contribution in [3.8, 4) is 6.07 Å². The lowest BCUT2D eigenvalue weighted by molar-refractivity contribution is -0.126. The fraction of sp³-hybridized carbons (Fsp3) is 0.381. The molecule has 1 aromatic carbocycles. The summed E-state index contributed by atoms with van der Waals surface area (Å²) < 4.78 is 0. The van der Waals surface area contributed by atoms with Crippen LogP contribution in [0.3, 0.4) is 0 Å². The molecule has 1 aliphatic rings. The molecule has 3 rings (SSSR count). The van der Waals surface area contributed by atoms with Crippen LogP contribution in [0.2, 0.25) is 0 Å². The van der Waals surface area contributed by atoms with Gasteiger partial charge in [0.2, 0.25) is 11.8 Å². The third kappa shape index (κ3) is 4.73. The molecule has 146 valence electrons. The number of benzene rings is 1. The Morgan fingerprint density at radius 3 is 2.50 bits per heavy atom. The maximum Gasteiger partial charge on any atom is 0.248 e. The van der Waals surface area contributed by atoms with Gasteiger partial charge in [-0.05, 0) is 48.6 Å². The van der Waals surface area contributed by atoms with Gasteiger partial charge in [-0.15, -0.1) is 22.9 Å². The summed E-state index contributed by atoms with van der Waals surface area (Å²) in [6, 6.07) is 11.8. The minimum absolute atomic E-state index is 0.137. The van der Waals surface area contributed by atoms with Crippen LogP contribution in [0.15, 0.2) is 41.8 Å². The second-order valence-corrected chi connectivity index (χ2v) is 8.06. The van der Waals surface area contributed by atoms with Crippen LogP contribution < -0.4 is 10.2 Å². The smallest absolute Gasteiger partial charge is 0.248 e. The van der Waals surface area contributed by atoms with Crippen molar-refractivity contribution in [3.05, 3.63) is 52.2 Å². The van der Waals surface area contributed by atoms with Crippen molar-refractivity contribution < 1.29 is 9.59 Å². The van der Waals surface area contributed by atoms with E-state index in [0.717, 1.165) is 30.6 Å². The van der Waals surface area contributed by atoms with Crippen molar-refractivity contribution in [2.75, 3.05) is 10.8 Å². The zero-order valence-electron chi connectivity index (χ0n) is 15.4. The first kappa shape index (κ1) is 20.4. The molecule has 1 aromatic heterocycles. The van der Waals surface area contributed by atoms with Gasteiger partial charge >= 0.3 is 0 Å². The summed E-state index contributed by atoms with van der Waals surface area (Å²) >= 11 is 7.32. The first-order chi connectivity index (χ1) is 13.6. The summed E-state index contributed by atoms with van der Waals surface area (Å²) in [5, 5.41) is 14.1. The lowest BCUT2D eigenvalue weighted by Crippen LogP contribution is -2.47. The zero-order valence-corrected chi connectivity index (χ0v) is 17.0. The Balaban J connectivity index is 1.95. The molecule has 7 heteroatoms. The van der Waals surface area contributed by atoms with Crippen LogP contribution in [0, 0.1) is 11.3 Å². The van der Waals surface area contributed by atoms with Crippen LogP contribution in [0.1, 0.15) is 48.6 Å². The second-order valence-electron chi connectivity index (χ2n) is 6.82. The standard InChI is InChI=1S/C21H22ClN3O2S/c22-13-19(26)25(17-10-8-15(14-23)9-11-17)20(18-7-4-12-28-18)21(27)24-16-5-2-1-3-6-16/h4,7-12,16,20H,1-3,5-6,13H2,(H,24,27). The van der Waals surface area contributed by atoms with E-state index in [0.29, 0.717) is 11.3 Å². The molecule has 0 saturated heterocycles. The van der Waals surface area contributed by atoms with Gasteiger partial charge in [0.15, 0.2) is 0 Å². The fourth-order valence-electron chi connectivity index (χ4n) is 3.55. The van der Waals surface area contributed by atoms with Crippen LogP contribution >= 0.6 is 22.9 Å². The van der Waals surface area contributed by atoms with Gasteiger partial charge in [0.05, 0.1) is 11.6 Å². The third-order valence-corrected chi connectivity index (χ3v) is 6.08. The molecule has 1 atom stereocenters. The van der Waals surface area contributed by atoms with E-state index in [1.807, 2.05) is 17.5 Å². The van der Waals surface area contributed by atoms with Crippen LogP contribution in [-0.4, -0.2) is 23.7 Å². The van der Waals surface area contributed by atoms with Gasteiger partial charge in [-0.25, -0.2) is 0 Å². The number of halogens is 1.